The Morgan fingerprint density at radius 3 is 3.00 bits per heavy atom. The Morgan fingerprint density at radius 2 is 2.29 bits per heavy atom. The highest BCUT2D eigenvalue weighted by Crippen LogP contribution is 2.29. The monoisotopic (exact) mass is 256 g/mol. The van der Waals surface area contributed by atoms with Crippen molar-refractivity contribution < 1.29 is 9.84 Å². The zero-order valence-corrected chi connectivity index (χ0v) is 9.40. The molecule has 2 unspecified atom stereocenters. The van der Waals surface area contributed by atoms with Crippen LogP contribution in [-0.2, 0) is 4.74 Å². The Morgan fingerprint density at radius 1 is 1.43 bits per heavy atom. The molecule has 0 bridgehead atoms. The molecule has 1 heterocycles. The summed E-state index contributed by atoms with van der Waals surface area (Å²) in [5.74, 6) is 0. The third-order valence-corrected chi connectivity index (χ3v) is 2.97. The number of ether oxygens (including phenoxy) is 1. The third-order valence-electron chi connectivity index (χ3n) is 2.48. The Balaban J connectivity index is 2.14. The molecule has 0 amide bonds. The average molecular weight is 257 g/mol. The van der Waals surface area contributed by atoms with Crippen LogP contribution in [-0.4, -0.2) is 17.8 Å². The quantitative estimate of drug-likeness (QED) is 0.838. The highest BCUT2D eigenvalue weighted by molar-refractivity contribution is 9.10. The summed E-state index contributed by atoms with van der Waals surface area (Å²) in [6.45, 7) is 0.651. The van der Waals surface area contributed by atoms with Crippen molar-refractivity contribution in [3.8, 4) is 0 Å². The van der Waals surface area contributed by atoms with Gasteiger partial charge in [-0.2, -0.15) is 0 Å². The maximum atomic E-state index is 9.52. The highest BCUT2D eigenvalue weighted by Gasteiger charge is 2.21. The first-order valence-corrected chi connectivity index (χ1v) is 5.60. The van der Waals surface area contributed by atoms with Crippen molar-refractivity contribution in [1.82, 2.24) is 0 Å². The Labute approximate surface area is 92.0 Å². The maximum absolute atomic E-state index is 9.52. The fourth-order valence-electron chi connectivity index (χ4n) is 1.72. The average Bonchev–Trinajstić information content (AvgIpc) is 2.18. The lowest BCUT2D eigenvalue weighted by molar-refractivity contribution is -0.0448. The molecule has 76 valence electrons. The minimum Gasteiger partial charge on any atom is -0.393 e. The van der Waals surface area contributed by atoms with E-state index in [1.807, 2.05) is 24.3 Å². The normalized spacial score (nSPS) is 27.6. The van der Waals surface area contributed by atoms with Gasteiger partial charge in [-0.3, -0.25) is 0 Å². The van der Waals surface area contributed by atoms with Crippen molar-refractivity contribution in [3.63, 3.8) is 0 Å². The lowest BCUT2D eigenvalue weighted by Crippen LogP contribution is -2.23. The Hall–Kier alpha value is -0.380. The van der Waals surface area contributed by atoms with Gasteiger partial charge in [0.1, 0.15) is 0 Å². The molecule has 0 radical (unpaired) electrons. The molecule has 1 aromatic carbocycles. The molecule has 1 saturated heterocycles. The smallest absolute Gasteiger partial charge is 0.0849 e. The molecule has 2 nitrogen and oxygen atoms in total. The molecule has 1 aliphatic rings. The molecule has 2 atom stereocenters. The zero-order chi connectivity index (χ0) is 9.97. The van der Waals surface area contributed by atoms with Crippen molar-refractivity contribution in [1.29, 1.82) is 0 Å². The van der Waals surface area contributed by atoms with Gasteiger partial charge in [-0.25, -0.2) is 0 Å². The largest absolute Gasteiger partial charge is 0.393 e. The lowest BCUT2D eigenvalue weighted by atomic mass is 10.00. The summed E-state index contributed by atoms with van der Waals surface area (Å²) in [5, 5.41) is 9.52. The van der Waals surface area contributed by atoms with Gasteiger partial charge in [-0.15, -0.1) is 0 Å². The second-order valence-corrected chi connectivity index (χ2v) is 4.51. The summed E-state index contributed by atoms with van der Waals surface area (Å²) >= 11 is 3.43. The van der Waals surface area contributed by atoms with E-state index in [-0.39, 0.29) is 12.2 Å². The number of hydrogen-bond acceptors (Lipinski definition) is 2. The molecular weight excluding hydrogens is 244 g/mol. The number of benzene rings is 1. The number of hydrogen-bond donors (Lipinski definition) is 1. The fourth-order valence-corrected chi connectivity index (χ4v) is 2.14. The molecule has 1 aliphatic heterocycles. The van der Waals surface area contributed by atoms with Crippen molar-refractivity contribution in [2.45, 2.75) is 25.0 Å². The summed E-state index contributed by atoms with van der Waals surface area (Å²) in [7, 11) is 0. The van der Waals surface area contributed by atoms with Crippen LogP contribution in [0.2, 0.25) is 0 Å². The number of aliphatic hydroxyl groups is 1. The van der Waals surface area contributed by atoms with Gasteiger partial charge in [-0.05, 0) is 24.1 Å². The van der Waals surface area contributed by atoms with E-state index in [4.69, 9.17) is 4.74 Å². The van der Waals surface area contributed by atoms with Crippen LogP contribution in [0.5, 0.6) is 0 Å². The molecule has 0 saturated carbocycles. The van der Waals surface area contributed by atoms with Gasteiger partial charge in [0.25, 0.3) is 0 Å². The Kier molecular flexibility index (Phi) is 3.21. The molecule has 1 aromatic rings. The lowest BCUT2D eigenvalue weighted by Gasteiger charge is -2.26. The summed E-state index contributed by atoms with van der Waals surface area (Å²) in [6.07, 6.45) is 1.30. The molecule has 2 rings (SSSR count). The maximum Gasteiger partial charge on any atom is 0.0849 e. The summed E-state index contributed by atoms with van der Waals surface area (Å²) in [4.78, 5) is 0. The van der Waals surface area contributed by atoms with Crippen LogP contribution >= 0.6 is 15.9 Å². The van der Waals surface area contributed by atoms with E-state index in [0.717, 1.165) is 16.5 Å². The van der Waals surface area contributed by atoms with E-state index in [0.29, 0.717) is 13.0 Å². The topological polar surface area (TPSA) is 29.5 Å². The van der Waals surface area contributed by atoms with E-state index in [2.05, 4.69) is 15.9 Å². The van der Waals surface area contributed by atoms with Gasteiger partial charge in [0.15, 0.2) is 0 Å². The minimum absolute atomic E-state index is 0.0521. The van der Waals surface area contributed by atoms with E-state index < -0.39 is 0 Å². The first-order valence-electron chi connectivity index (χ1n) is 4.81. The zero-order valence-electron chi connectivity index (χ0n) is 7.82. The van der Waals surface area contributed by atoms with Crippen LogP contribution in [0.3, 0.4) is 0 Å². The first-order chi connectivity index (χ1) is 6.75. The van der Waals surface area contributed by atoms with E-state index in [9.17, 15) is 5.11 Å². The Bertz CT molecular complexity index is 314. The molecule has 1 fully saturated rings. The predicted octanol–water partition coefficient (Wildman–Crippen LogP) is 2.66. The van der Waals surface area contributed by atoms with Gasteiger partial charge in [0.05, 0.1) is 12.2 Å². The van der Waals surface area contributed by atoms with E-state index in [1.165, 1.54) is 0 Å². The van der Waals surface area contributed by atoms with E-state index in [1.54, 1.807) is 0 Å². The van der Waals surface area contributed by atoms with Crippen LogP contribution in [0.25, 0.3) is 0 Å². The number of rotatable bonds is 1. The van der Waals surface area contributed by atoms with Crippen LogP contribution in [0, 0.1) is 0 Å². The molecule has 0 spiro atoms. The summed E-state index contributed by atoms with van der Waals surface area (Å²) in [5.41, 5.74) is 1.14. The van der Waals surface area contributed by atoms with Gasteiger partial charge in [0.2, 0.25) is 0 Å². The standard InChI is InChI=1S/C11H13BrO2/c12-9-3-1-2-8(6-9)11-7-10(13)4-5-14-11/h1-3,6,10-11,13H,4-5,7H2. The van der Waals surface area contributed by atoms with Crippen LogP contribution in [0.4, 0.5) is 0 Å². The second-order valence-electron chi connectivity index (χ2n) is 3.59. The van der Waals surface area contributed by atoms with Gasteiger partial charge >= 0.3 is 0 Å². The minimum atomic E-state index is -0.215. The van der Waals surface area contributed by atoms with Crippen LogP contribution in [0.15, 0.2) is 28.7 Å². The highest BCUT2D eigenvalue weighted by atomic mass is 79.9. The van der Waals surface area contributed by atoms with Gasteiger partial charge < -0.3 is 9.84 Å². The van der Waals surface area contributed by atoms with E-state index >= 15 is 0 Å². The molecule has 0 aromatic heterocycles. The number of aliphatic hydroxyl groups excluding tert-OH is 1. The fraction of sp³-hybridized carbons (Fsp3) is 0.455. The molecule has 3 heteroatoms. The predicted molar refractivity (Wildman–Crippen MR) is 58.1 cm³/mol. The molecular formula is C11H13BrO2. The van der Waals surface area contributed by atoms with Crippen LogP contribution in [0.1, 0.15) is 24.5 Å². The SMILES string of the molecule is OC1CCOC(c2cccc(Br)c2)C1. The van der Waals surface area contributed by atoms with Crippen molar-refractivity contribution >= 4 is 15.9 Å². The van der Waals surface area contributed by atoms with Gasteiger partial charge in [-0.1, -0.05) is 28.1 Å². The molecule has 14 heavy (non-hydrogen) atoms. The van der Waals surface area contributed by atoms with Gasteiger partial charge in [0, 0.05) is 17.5 Å². The summed E-state index contributed by atoms with van der Waals surface area (Å²) in [6, 6.07) is 8.06. The summed E-state index contributed by atoms with van der Waals surface area (Å²) < 4.78 is 6.66. The second kappa shape index (κ2) is 4.43. The third kappa shape index (κ3) is 2.35. The van der Waals surface area contributed by atoms with Crippen molar-refractivity contribution in [3.05, 3.63) is 34.3 Å². The number of halogens is 1. The van der Waals surface area contributed by atoms with Crippen molar-refractivity contribution in [2.24, 2.45) is 0 Å². The van der Waals surface area contributed by atoms with Crippen molar-refractivity contribution in [2.75, 3.05) is 6.61 Å². The van der Waals surface area contributed by atoms with Crippen LogP contribution < -0.4 is 0 Å². The molecule has 0 aliphatic carbocycles. The first kappa shape index (κ1) is 10.1. The molecule has 1 N–H and O–H groups in total.